The average molecular weight is 341 g/mol. The maximum atomic E-state index is 12.9. The van der Waals surface area contributed by atoms with Crippen molar-refractivity contribution in [3.8, 4) is 0 Å². The quantitative estimate of drug-likeness (QED) is 0.433. The molecule has 0 aromatic heterocycles. The maximum absolute atomic E-state index is 12.9. The Morgan fingerprint density at radius 3 is 2.41 bits per heavy atom. The van der Waals surface area contributed by atoms with Crippen molar-refractivity contribution in [2.24, 2.45) is 11.8 Å². The normalized spacial score (nSPS) is 13.5. The van der Waals surface area contributed by atoms with Crippen molar-refractivity contribution in [1.82, 2.24) is 10.2 Å². The van der Waals surface area contributed by atoms with Crippen molar-refractivity contribution >= 4 is 17.5 Å². The van der Waals surface area contributed by atoms with Crippen molar-refractivity contribution in [3.63, 3.8) is 0 Å². The van der Waals surface area contributed by atoms with Crippen molar-refractivity contribution < 1.29 is 13.6 Å². The van der Waals surface area contributed by atoms with Crippen LogP contribution in [0.5, 0.6) is 0 Å². The fourth-order valence-electron chi connectivity index (χ4n) is 1.95. The van der Waals surface area contributed by atoms with Gasteiger partial charge in [-0.2, -0.15) is 0 Å². The number of carbonyl (C=O) groups excluding carboxylic acids is 1. The lowest BCUT2D eigenvalue weighted by Gasteiger charge is -2.20. The molecule has 1 amide bonds. The van der Waals surface area contributed by atoms with E-state index in [1.807, 2.05) is 14.0 Å². The summed E-state index contributed by atoms with van der Waals surface area (Å²) in [6.07, 6.45) is 3.10. The van der Waals surface area contributed by atoms with Crippen LogP contribution in [0.2, 0.25) is 0 Å². The van der Waals surface area contributed by atoms with Gasteiger partial charge in [0, 0.05) is 20.0 Å². The second-order valence-corrected chi connectivity index (χ2v) is 6.86. The molecule has 0 saturated carbocycles. The van der Waals surface area contributed by atoms with Crippen molar-refractivity contribution in [2.75, 3.05) is 32.6 Å². The van der Waals surface area contributed by atoms with Crippen LogP contribution in [0.3, 0.4) is 0 Å². The summed E-state index contributed by atoms with van der Waals surface area (Å²) in [5.41, 5.74) is 0. The molecule has 3 nitrogen and oxygen atoms in total. The van der Waals surface area contributed by atoms with E-state index in [1.54, 1.807) is 4.90 Å². The van der Waals surface area contributed by atoms with Crippen molar-refractivity contribution in [3.05, 3.63) is 0 Å². The van der Waals surface area contributed by atoms with Gasteiger partial charge in [-0.15, -0.1) is 11.6 Å². The number of halogens is 3. The molecule has 0 spiro atoms. The first kappa shape index (κ1) is 21.6. The van der Waals surface area contributed by atoms with Gasteiger partial charge in [-0.25, -0.2) is 8.78 Å². The first-order valence-electron chi connectivity index (χ1n) is 8.06. The number of amides is 1. The van der Waals surface area contributed by atoms with Crippen LogP contribution in [-0.2, 0) is 4.79 Å². The van der Waals surface area contributed by atoms with E-state index in [4.69, 9.17) is 11.6 Å². The summed E-state index contributed by atoms with van der Waals surface area (Å²) in [5, 5.41) is 2.72. The lowest BCUT2D eigenvalue weighted by atomic mass is 10.0. The first-order valence-corrected chi connectivity index (χ1v) is 8.60. The molecule has 1 unspecified atom stereocenters. The number of carbonyl (C=O) groups is 1. The molecule has 22 heavy (non-hydrogen) atoms. The fourth-order valence-corrected chi connectivity index (χ4v) is 2.04. The van der Waals surface area contributed by atoms with Crippen LogP contribution in [0.15, 0.2) is 0 Å². The number of hydrogen-bond acceptors (Lipinski definition) is 2. The molecule has 1 N–H and O–H groups in total. The third kappa shape index (κ3) is 11.2. The zero-order valence-corrected chi connectivity index (χ0v) is 15.1. The Morgan fingerprint density at radius 1 is 1.23 bits per heavy atom. The van der Waals surface area contributed by atoms with Gasteiger partial charge in [-0.05, 0) is 37.6 Å². The van der Waals surface area contributed by atoms with Gasteiger partial charge in [0.05, 0.1) is 12.4 Å². The highest BCUT2D eigenvalue weighted by atomic mass is 35.5. The minimum absolute atomic E-state index is 0.161. The van der Waals surface area contributed by atoms with E-state index in [9.17, 15) is 13.6 Å². The molecule has 0 bridgehead atoms. The molecular weight excluding hydrogens is 310 g/mol. The Morgan fingerprint density at radius 2 is 1.86 bits per heavy atom. The van der Waals surface area contributed by atoms with Crippen LogP contribution in [0.1, 0.15) is 46.5 Å². The molecule has 0 heterocycles. The number of nitrogens with one attached hydrogen (secondary N) is 1. The lowest BCUT2D eigenvalue weighted by molar-refractivity contribution is -0.130. The molecule has 0 aromatic rings. The lowest BCUT2D eigenvalue weighted by Crippen LogP contribution is -2.35. The Kier molecular flexibility index (Phi) is 11.0. The van der Waals surface area contributed by atoms with Crippen LogP contribution >= 0.6 is 11.6 Å². The summed E-state index contributed by atoms with van der Waals surface area (Å²) in [7, 11) is 1.84. The predicted molar refractivity (Wildman–Crippen MR) is 88.6 cm³/mol. The largest absolute Gasteiger partial charge is 0.346 e. The standard InChI is InChI=1S/C16H31ClF2N2O/c1-13(2)8-10-21(4)15(22)6-5-14(3)7-9-20-12-16(18,19)11-17/h13-14,20H,5-12H2,1-4H3. The molecule has 0 aliphatic rings. The monoisotopic (exact) mass is 340 g/mol. The number of rotatable bonds is 12. The van der Waals surface area contributed by atoms with E-state index < -0.39 is 11.8 Å². The summed E-state index contributed by atoms with van der Waals surface area (Å²) in [6, 6.07) is 0. The van der Waals surface area contributed by atoms with Gasteiger partial charge in [0.1, 0.15) is 0 Å². The van der Waals surface area contributed by atoms with Crippen molar-refractivity contribution in [2.45, 2.75) is 52.4 Å². The smallest absolute Gasteiger partial charge is 0.273 e. The summed E-state index contributed by atoms with van der Waals surface area (Å²) in [5.74, 6) is -2.42. The summed E-state index contributed by atoms with van der Waals surface area (Å²) in [6.45, 7) is 7.25. The fraction of sp³-hybridized carbons (Fsp3) is 0.938. The molecule has 6 heteroatoms. The first-order chi connectivity index (χ1) is 10.2. The van der Waals surface area contributed by atoms with Gasteiger partial charge in [0.25, 0.3) is 5.92 Å². The van der Waals surface area contributed by atoms with E-state index in [0.29, 0.717) is 24.8 Å². The minimum atomic E-state index is -2.85. The van der Waals surface area contributed by atoms with Gasteiger partial charge in [0.15, 0.2) is 0 Å². The Bertz CT molecular complexity index is 315. The van der Waals surface area contributed by atoms with E-state index >= 15 is 0 Å². The Balaban J connectivity index is 3.75. The van der Waals surface area contributed by atoms with Crippen LogP contribution in [0.25, 0.3) is 0 Å². The van der Waals surface area contributed by atoms with Gasteiger partial charge >= 0.3 is 0 Å². The average Bonchev–Trinajstić information content (AvgIpc) is 2.46. The highest BCUT2D eigenvalue weighted by Crippen LogP contribution is 2.14. The van der Waals surface area contributed by atoms with Crippen LogP contribution in [-0.4, -0.2) is 49.3 Å². The zero-order valence-electron chi connectivity index (χ0n) is 14.3. The molecular formula is C16H31ClF2N2O. The molecule has 0 radical (unpaired) electrons. The Labute approximate surface area is 138 Å². The highest BCUT2D eigenvalue weighted by Gasteiger charge is 2.26. The summed E-state index contributed by atoms with van der Waals surface area (Å²) in [4.78, 5) is 13.7. The molecule has 0 fully saturated rings. The zero-order chi connectivity index (χ0) is 17.2. The molecule has 0 saturated heterocycles. The second kappa shape index (κ2) is 11.2. The molecule has 1 atom stereocenters. The summed E-state index contributed by atoms with van der Waals surface area (Å²) >= 11 is 5.16. The number of hydrogen-bond donors (Lipinski definition) is 1. The number of alkyl halides is 3. The molecule has 132 valence electrons. The van der Waals surface area contributed by atoms with E-state index in [2.05, 4.69) is 19.2 Å². The van der Waals surface area contributed by atoms with Crippen LogP contribution in [0.4, 0.5) is 8.78 Å². The third-order valence-corrected chi connectivity index (χ3v) is 4.10. The van der Waals surface area contributed by atoms with Gasteiger partial charge in [-0.1, -0.05) is 20.8 Å². The molecule has 0 aliphatic carbocycles. The van der Waals surface area contributed by atoms with E-state index in [-0.39, 0.29) is 12.5 Å². The molecule has 0 aliphatic heterocycles. The van der Waals surface area contributed by atoms with Crippen LogP contribution in [0, 0.1) is 11.8 Å². The summed E-state index contributed by atoms with van der Waals surface area (Å²) < 4.78 is 25.8. The molecule has 0 aromatic carbocycles. The second-order valence-electron chi connectivity index (χ2n) is 6.60. The van der Waals surface area contributed by atoms with E-state index in [1.165, 1.54) is 0 Å². The predicted octanol–water partition coefficient (Wildman–Crippen LogP) is 3.76. The molecule has 0 rings (SSSR count). The Hall–Kier alpha value is -0.420. The third-order valence-electron chi connectivity index (χ3n) is 3.71. The van der Waals surface area contributed by atoms with Crippen LogP contribution < -0.4 is 5.32 Å². The SMILES string of the molecule is CC(C)CCN(C)C(=O)CCC(C)CCNCC(F)(F)CCl. The van der Waals surface area contributed by atoms with Crippen molar-refractivity contribution in [1.29, 1.82) is 0 Å². The topological polar surface area (TPSA) is 32.3 Å². The highest BCUT2D eigenvalue weighted by molar-refractivity contribution is 6.18. The van der Waals surface area contributed by atoms with Gasteiger partial charge in [0.2, 0.25) is 5.91 Å². The maximum Gasteiger partial charge on any atom is 0.273 e. The van der Waals surface area contributed by atoms with Gasteiger partial charge in [-0.3, -0.25) is 4.79 Å². The van der Waals surface area contributed by atoms with E-state index in [0.717, 1.165) is 25.8 Å². The minimum Gasteiger partial charge on any atom is -0.346 e. The van der Waals surface area contributed by atoms with Gasteiger partial charge < -0.3 is 10.2 Å². The number of nitrogens with zero attached hydrogens (tertiary/aromatic N) is 1.